The Morgan fingerprint density at radius 2 is 2.30 bits per heavy atom. The van der Waals surface area contributed by atoms with Crippen LogP contribution in [0.3, 0.4) is 0 Å². The summed E-state index contributed by atoms with van der Waals surface area (Å²) in [6, 6.07) is 0.418. The third-order valence-electron chi connectivity index (χ3n) is 4.13. The summed E-state index contributed by atoms with van der Waals surface area (Å²) in [7, 11) is 0. The number of aromatic nitrogens is 1. The molecule has 0 spiro atoms. The van der Waals surface area contributed by atoms with Crippen molar-refractivity contribution in [1.29, 1.82) is 0 Å². The number of nitrogens with zero attached hydrogens (tertiary/aromatic N) is 2. The topological polar surface area (TPSA) is 71.2 Å². The van der Waals surface area contributed by atoms with E-state index in [4.69, 9.17) is 5.73 Å². The number of thiazole rings is 1. The Hall–Kier alpha value is -0.690. The van der Waals surface area contributed by atoms with Gasteiger partial charge in [0.2, 0.25) is 5.91 Å². The van der Waals surface area contributed by atoms with Crippen LogP contribution in [0.4, 0.5) is 0 Å². The minimum absolute atomic E-state index is 0. The molecule has 0 radical (unpaired) electrons. The highest BCUT2D eigenvalue weighted by Crippen LogP contribution is 2.25. The Kier molecular flexibility index (Phi) is 9.06. The number of halogens is 1. The Morgan fingerprint density at radius 1 is 1.52 bits per heavy atom. The molecule has 1 aliphatic heterocycles. The van der Waals surface area contributed by atoms with Crippen LogP contribution in [-0.4, -0.2) is 41.5 Å². The third kappa shape index (κ3) is 6.37. The SMILES string of the molecule is CC(C)c1cnc(CN2CCCCC2CNC(=O)CCN)s1.Cl. The lowest BCUT2D eigenvalue weighted by Gasteiger charge is -2.35. The first kappa shape index (κ1) is 20.4. The number of nitrogens with two attached hydrogens (primary N) is 1. The standard InChI is InChI=1S/C16H28N4OS.ClH/c1-12(2)14-10-19-16(22-14)11-20-8-4-3-5-13(20)9-18-15(21)6-7-17;/h10,12-13H,3-9,11,17H2,1-2H3,(H,18,21);1H. The van der Waals surface area contributed by atoms with Gasteiger partial charge in [-0.15, -0.1) is 23.7 Å². The van der Waals surface area contributed by atoms with E-state index in [1.54, 1.807) is 0 Å². The predicted molar refractivity (Wildman–Crippen MR) is 98.2 cm³/mol. The summed E-state index contributed by atoms with van der Waals surface area (Å²) in [5.74, 6) is 0.600. The van der Waals surface area contributed by atoms with Gasteiger partial charge >= 0.3 is 0 Å². The number of hydrogen-bond acceptors (Lipinski definition) is 5. The number of rotatable bonds is 7. The zero-order valence-electron chi connectivity index (χ0n) is 14.1. The highest BCUT2D eigenvalue weighted by Gasteiger charge is 2.23. The van der Waals surface area contributed by atoms with Gasteiger partial charge in [-0.2, -0.15) is 0 Å². The lowest BCUT2D eigenvalue weighted by molar-refractivity contribution is -0.121. The maximum Gasteiger partial charge on any atom is 0.221 e. The number of carbonyl (C=O) groups is 1. The molecule has 1 amide bonds. The van der Waals surface area contributed by atoms with Crippen LogP contribution < -0.4 is 11.1 Å². The zero-order chi connectivity index (χ0) is 15.9. The summed E-state index contributed by atoms with van der Waals surface area (Å²) >= 11 is 1.81. The van der Waals surface area contributed by atoms with E-state index in [1.807, 2.05) is 17.5 Å². The van der Waals surface area contributed by atoms with E-state index >= 15 is 0 Å². The van der Waals surface area contributed by atoms with Crippen molar-refractivity contribution in [1.82, 2.24) is 15.2 Å². The van der Waals surface area contributed by atoms with Gasteiger partial charge in [-0.3, -0.25) is 9.69 Å². The minimum Gasteiger partial charge on any atom is -0.354 e. The molecule has 0 saturated carbocycles. The molecule has 1 atom stereocenters. The van der Waals surface area contributed by atoms with E-state index in [1.165, 1.54) is 22.7 Å². The predicted octanol–water partition coefficient (Wildman–Crippen LogP) is 2.51. The van der Waals surface area contributed by atoms with Gasteiger partial charge < -0.3 is 11.1 Å². The minimum atomic E-state index is 0. The molecular formula is C16H29ClN4OS. The fourth-order valence-corrected chi connectivity index (χ4v) is 3.74. The summed E-state index contributed by atoms with van der Waals surface area (Å²) in [5.41, 5.74) is 5.42. The first-order valence-electron chi connectivity index (χ1n) is 8.25. The lowest BCUT2D eigenvalue weighted by atomic mass is 10.0. The Labute approximate surface area is 149 Å². The highest BCUT2D eigenvalue weighted by atomic mass is 35.5. The molecular weight excluding hydrogens is 332 g/mol. The molecule has 1 aromatic rings. The van der Waals surface area contributed by atoms with Crippen molar-refractivity contribution in [3.63, 3.8) is 0 Å². The van der Waals surface area contributed by atoms with Crippen molar-refractivity contribution in [3.8, 4) is 0 Å². The fourth-order valence-electron chi connectivity index (χ4n) is 2.79. The number of piperidine rings is 1. The summed E-state index contributed by atoms with van der Waals surface area (Å²) in [4.78, 5) is 20.0. The van der Waals surface area contributed by atoms with Crippen LogP contribution in [-0.2, 0) is 11.3 Å². The summed E-state index contributed by atoms with van der Waals surface area (Å²) in [6.07, 6.45) is 6.04. The van der Waals surface area contributed by atoms with Crippen molar-refractivity contribution >= 4 is 29.7 Å². The van der Waals surface area contributed by atoms with E-state index in [2.05, 4.69) is 29.0 Å². The molecule has 7 heteroatoms. The zero-order valence-corrected chi connectivity index (χ0v) is 15.7. The second-order valence-corrected chi connectivity index (χ2v) is 7.42. The average Bonchev–Trinajstić information content (AvgIpc) is 2.95. The van der Waals surface area contributed by atoms with Crippen molar-refractivity contribution in [3.05, 3.63) is 16.1 Å². The number of hydrogen-bond donors (Lipinski definition) is 2. The molecule has 0 aliphatic carbocycles. The van der Waals surface area contributed by atoms with Gasteiger partial charge in [0, 0.05) is 36.6 Å². The number of carbonyl (C=O) groups excluding carboxylic acids is 1. The summed E-state index contributed by atoms with van der Waals surface area (Å²) in [5, 5.41) is 4.20. The Morgan fingerprint density at radius 3 is 2.96 bits per heavy atom. The lowest BCUT2D eigenvalue weighted by Crippen LogP contribution is -2.46. The van der Waals surface area contributed by atoms with E-state index < -0.39 is 0 Å². The third-order valence-corrected chi connectivity index (χ3v) is 5.42. The van der Waals surface area contributed by atoms with Crippen molar-refractivity contribution in [2.45, 2.75) is 58.0 Å². The first-order chi connectivity index (χ1) is 10.6. The van der Waals surface area contributed by atoms with Gasteiger partial charge in [0.25, 0.3) is 0 Å². The normalized spacial score (nSPS) is 18.7. The quantitative estimate of drug-likeness (QED) is 0.783. The molecule has 1 unspecified atom stereocenters. The fraction of sp³-hybridized carbons (Fsp3) is 0.750. The molecule has 1 aliphatic rings. The number of amides is 1. The van der Waals surface area contributed by atoms with Crippen LogP contribution in [0, 0.1) is 0 Å². The maximum absolute atomic E-state index is 11.6. The molecule has 1 saturated heterocycles. The smallest absolute Gasteiger partial charge is 0.221 e. The van der Waals surface area contributed by atoms with Crippen molar-refractivity contribution in [2.24, 2.45) is 5.73 Å². The molecule has 132 valence electrons. The molecule has 5 nitrogen and oxygen atoms in total. The van der Waals surface area contributed by atoms with Crippen molar-refractivity contribution < 1.29 is 4.79 Å². The van der Waals surface area contributed by atoms with E-state index in [0.717, 1.165) is 26.1 Å². The molecule has 1 fully saturated rings. The average molecular weight is 361 g/mol. The van der Waals surface area contributed by atoms with Crippen molar-refractivity contribution in [2.75, 3.05) is 19.6 Å². The van der Waals surface area contributed by atoms with Gasteiger partial charge in [0.05, 0.1) is 6.54 Å². The second kappa shape index (κ2) is 10.2. The van der Waals surface area contributed by atoms with Gasteiger partial charge in [-0.25, -0.2) is 4.98 Å². The first-order valence-corrected chi connectivity index (χ1v) is 9.07. The Balaban J connectivity index is 0.00000264. The van der Waals surface area contributed by atoms with Gasteiger partial charge in [-0.05, 0) is 25.3 Å². The Bertz CT molecular complexity index is 480. The molecule has 2 rings (SSSR count). The van der Waals surface area contributed by atoms with Gasteiger partial charge in [-0.1, -0.05) is 20.3 Å². The van der Waals surface area contributed by atoms with E-state index in [-0.39, 0.29) is 18.3 Å². The highest BCUT2D eigenvalue weighted by molar-refractivity contribution is 7.11. The van der Waals surface area contributed by atoms with Crippen LogP contribution in [0.5, 0.6) is 0 Å². The molecule has 1 aromatic heterocycles. The van der Waals surface area contributed by atoms with E-state index in [0.29, 0.717) is 24.9 Å². The molecule has 2 heterocycles. The van der Waals surface area contributed by atoms with E-state index in [9.17, 15) is 4.79 Å². The van der Waals surface area contributed by atoms with Crippen LogP contribution >= 0.6 is 23.7 Å². The molecule has 0 aromatic carbocycles. The monoisotopic (exact) mass is 360 g/mol. The summed E-state index contributed by atoms with van der Waals surface area (Å²) < 4.78 is 0. The van der Waals surface area contributed by atoms with Gasteiger partial charge in [0.15, 0.2) is 0 Å². The van der Waals surface area contributed by atoms with Gasteiger partial charge in [0.1, 0.15) is 5.01 Å². The van der Waals surface area contributed by atoms with Crippen LogP contribution in [0.2, 0.25) is 0 Å². The molecule has 3 N–H and O–H groups in total. The van der Waals surface area contributed by atoms with Crippen LogP contribution in [0.15, 0.2) is 6.20 Å². The molecule has 0 bridgehead atoms. The maximum atomic E-state index is 11.6. The van der Waals surface area contributed by atoms with Crippen LogP contribution in [0.1, 0.15) is 55.3 Å². The number of nitrogens with one attached hydrogen (secondary N) is 1. The summed E-state index contributed by atoms with van der Waals surface area (Å²) in [6.45, 7) is 7.53. The number of likely N-dealkylation sites (tertiary alicyclic amines) is 1. The largest absolute Gasteiger partial charge is 0.354 e. The molecule has 23 heavy (non-hydrogen) atoms. The second-order valence-electron chi connectivity index (χ2n) is 6.27. The van der Waals surface area contributed by atoms with Crippen LogP contribution in [0.25, 0.3) is 0 Å².